The van der Waals surface area contributed by atoms with Gasteiger partial charge in [0.1, 0.15) is 24.7 Å². The summed E-state index contributed by atoms with van der Waals surface area (Å²) in [5, 5.41) is 2.04. The number of carbonyl (C=O) groups is 2. The second-order valence-corrected chi connectivity index (χ2v) is 11.3. The summed E-state index contributed by atoms with van der Waals surface area (Å²) in [6, 6.07) is 14.9. The minimum absolute atomic E-state index is 0.00455. The van der Waals surface area contributed by atoms with Gasteiger partial charge in [-0.3, -0.25) is 9.59 Å². The molecule has 190 valence electrons. The number of benzene rings is 2. The van der Waals surface area contributed by atoms with Crippen LogP contribution in [-0.2, 0) is 11.2 Å². The number of ether oxygens (including phenoxy) is 1. The fourth-order valence-corrected chi connectivity index (χ4v) is 5.63. The first-order valence-corrected chi connectivity index (χ1v) is 13.8. The monoisotopic (exact) mass is 572 g/mol. The molecule has 2 heterocycles. The average Bonchev–Trinajstić information content (AvgIpc) is 3.34. The van der Waals surface area contributed by atoms with E-state index < -0.39 is 0 Å². The van der Waals surface area contributed by atoms with Gasteiger partial charge in [0, 0.05) is 28.0 Å². The number of hydrogen-bond acceptors (Lipinski definition) is 4. The molecule has 0 fully saturated rings. The second kappa shape index (κ2) is 12.0. The number of thiophene rings is 1. The lowest BCUT2D eigenvalue weighted by atomic mass is 10.00. The first-order valence-electron chi connectivity index (χ1n) is 12.1. The predicted molar refractivity (Wildman–Crippen MR) is 144 cm³/mol. The van der Waals surface area contributed by atoms with E-state index in [-0.39, 0.29) is 36.8 Å². The van der Waals surface area contributed by atoms with Crippen LogP contribution in [0.5, 0.6) is 5.75 Å². The van der Waals surface area contributed by atoms with Gasteiger partial charge in [-0.15, -0.1) is 11.3 Å². The molecule has 2 aromatic carbocycles. The van der Waals surface area contributed by atoms with E-state index in [4.69, 9.17) is 4.74 Å². The molecule has 1 aliphatic heterocycles. The molecule has 0 bridgehead atoms. The van der Waals surface area contributed by atoms with Crippen molar-refractivity contribution in [1.29, 1.82) is 0 Å². The predicted octanol–water partition coefficient (Wildman–Crippen LogP) is 6.34. The summed E-state index contributed by atoms with van der Waals surface area (Å²) < 4.78 is 20.1. The Bertz CT molecular complexity index is 1200. The van der Waals surface area contributed by atoms with Crippen LogP contribution in [0.15, 0.2) is 64.5 Å². The molecule has 3 aromatic rings. The lowest BCUT2D eigenvalue weighted by Gasteiger charge is -2.37. The van der Waals surface area contributed by atoms with Gasteiger partial charge >= 0.3 is 0 Å². The Labute approximate surface area is 224 Å². The maximum absolute atomic E-state index is 13.7. The van der Waals surface area contributed by atoms with Gasteiger partial charge in [-0.25, -0.2) is 4.39 Å². The number of nitrogens with zero attached hydrogens (tertiary/aromatic N) is 2. The van der Waals surface area contributed by atoms with Crippen molar-refractivity contribution in [3.05, 3.63) is 86.3 Å². The van der Waals surface area contributed by atoms with E-state index in [1.165, 1.54) is 17.0 Å². The molecule has 1 aliphatic rings. The molecule has 1 aromatic heterocycles. The molecule has 0 spiro atoms. The lowest BCUT2D eigenvalue weighted by molar-refractivity contribution is -0.135. The van der Waals surface area contributed by atoms with Crippen LogP contribution < -0.4 is 4.74 Å². The Balaban J connectivity index is 1.53. The van der Waals surface area contributed by atoms with Crippen LogP contribution in [0.3, 0.4) is 0 Å². The van der Waals surface area contributed by atoms with Crippen molar-refractivity contribution in [2.75, 3.05) is 26.2 Å². The Morgan fingerprint density at radius 3 is 2.69 bits per heavy atom. The average molecular weight is 574 g/mol. The normalized spacial score (nSPS) is 15.0. The zero-order valence-electron chi connectivity index (χ0n) is 20.5. The molecule has 36 heavy (non-hydrogen) atoms. The van der Waals surface area contributed by atoms with E-state index in [0.29, 0.717) is 30.3 Å². The van der Waals surface area contributed by atoms with Crippen LogP contribution in [-0.4, -0.2) is 47.9 Å². The van der Waals surface area contributed by atoms with Gasteiger partial charge < -0.3 is 14.5 Å². The van der Waals surface area contributed by atoms with Crippen molar-refractivity contribution in [3.8, 4) is 5.75 Å². The quantitative estimate of drug-likeness (QED) is 0.300. The molecule has 0 saturated heterocycles. The molecule has 1 atom stereocenters. The van der Waals surface area contributed by atoms with Crippen molar-refractivity contribution in [2.45, 2.75) is 32.7 Å². The third-order valence-corrected chi connectivity index (χ3v) is 7.79. The Kier molecular flexibility index (Phi) is 8.80. The minimum atomic E-state index is -0.325. The van der Waals surface area contributed by atoms with E-state index in [1.807, 2.05) is 28.5 Å². The van der Waals surface area contributed by atoms with Gasteiger partial charge in [-0.2, -0.15) is 0 Å². The van der Waals surface area contributed by atoms with Crippen molar-refractivity contribution in [1.82, 2.24) is 9.80 Å². The Hall–Kier alpha value is -2.71. The maximum atomic E-state index is 13.7. The number of hydrogen-bond donors (Lipinski definition) is 0. The highest BCUT2D eigenvalue weighted by atomic mass is 79.9. The highest BCUT2D eigenvalue weighted by Crippen LogP contribution is 2.34. The lowest BCUT2D eigenvalue weighted by Crippen LogP contribution is -2.48. The molecular weight excluding hydrogens is 543 g/mol. The molecular formula is C28H30BrFN2O3S. The van der Waals surface area contributed by atoms with Gasteiger partial charge in [-0.1, -0.05) is 35.8 Å². The fourth-order valence-electron chi connectivity index (χ4n) is 4.31. The van der Waals surface area contributed by atoms with Gasteiger partial charge in [0.05, 0.1) is 6.04 Å². The molecule has 0 aliphatic carbocycles. The summed E-state index contributed by atoms with van der Waals surface area (Å²) >= 11 is 5.12. The topological polar surface area (TPSA) is 49.9 Å². The first kappa shape index (κ1) is 26.4. The zero-order chi connectivity index (χ0) is 25.7. The number of carbonyl (C=O) groups excluding carboxylic acids is 2. The van der Waals surface area contributed by atoms with E-state index in [2.05, 4.69) is 29.8 Å². The van der Waals surface area contributed by atoms with Crippen LogP contribution >= 0.6 is 27.3 Å². The van der Waals surface area contributed by atoms with Gasteiger partial charge in [0.25, 0.3) is 5.91 Å². The largest absolute Gasteiger partial charge is 0.491 e. The highest BCUT2D eigenvalue weighted by molar-refractivity contribution is 9.10. The molecule has 2 amide bonds. The number of rotatable bonds is 9. The molecule has 0 unspecified atom stereocenters. The molecule has 4 rings (SSSR count). The Morgan fingerprint density at radius 1 is 1.19 bits per heavy atom. The molecule has 5 nitrogen and oxygen atoms in total. The van der Waals surface area contributed by atoms with Gasteiger partial charge in [0.2, 0.25) is 5.91 Å². The van der Waals surface area contributed by atoms with Crippen molar-refractivity contribution < 1.29 is 18.7 Å². The summed E-state index contributed by atoms with van der Waals surface area (Å²) in [6.07, 6.45) is 1.58. The summed E-state index contributed by atoms with van der Waals surface area (Å²) in [7, 11) is 0. The molecule has 0 radical (unpaired) electrons. The summed E-state index contributed by atoms with van der Waals surface area (Å²) in [5.41, 5.74) is 1.63. The molecule has 8 heteroatoms. The van der Waals surface area contributed by atoms with Crippen molar-refractivity contribution in [2.24, 2.45) is 5.92 Å². The zero-order valence-corrected chi connectivity index (χ0v) is 22.9. The van der Waals surface area contributed by atoms with E-state index in [9.17, 15) is 14.0 Å². The van der Waals surface area contributed by atoms with Crippen LogP contribution in [0.2, 0.25) is 0 Å². The standard InChI is InChI=1S/C28H30BrFN2O3S/c1-19(2)10-13-31(28(34)20-4-3-5-21(29)16-20)17-27(33)32-14-11-26-24(12-15-36-26)25(32)18-35-23-8-6-22(30)7-9-23/h3-9,12,15-16,19,25H,10-11,13-14,17-18H2,1-2H3/t25-/m1/s1. The van der Waals surface area contributed by atoms with E-state index in [0.717, 1.165) is 22.9 Å². The minimum Gasteiger partial charge on any atom is -0.491 e. The summed E-state index contributed by atoms with van der Waals surface area (Å²) in [6.45, 7) is 5.54. The van der Waals surface area contributed by atoms with E-state index >= 15 is 0 Å². The van der Waals surface area contributed by atoms with Crippen molar-refractivity contribution >= 4 is 39.1 Å². The highest BCUT2D eigenvalue weighted by Gasteiger charge is 2.33. The summed E-state index contributed by atoms with van der Waals surface area (Å²) in [4.78, 5) is 31.8. The fraction of sp³-hybridized carbons (Fsp3) is 0.357. The van der Waals surface area contributed by atoms with Gasteiger partial charge in [-0.05, 0) is 78.2 Å². The third kappa shape index (κ3) is 6.53. The van der Waals surface area contributed by atoms with Gasteiger partial charge in [0.15, 0.2) is 0 Å². The van der Waals surface area contributed by atoms with Crippen LogP contribution in [0.1, 0.15) is 47.1 Å². The van der Waals surface area contributed by atoms with Crippen LogP contribution in [0.4, 0.5) is 4.39 Å². The first-order chi connectivity index (χ1) is 17.3. The number of amides is 2. The van der Waals surface area contributed by atoms with E-state index in [1.54, 1.807) is 40.5 Å². The third-order valence-electron chi connectivity index (χ3n) is 6.30. The second-order valence-electron chi connectivity index (χ2n) is 9.34. The number of halogens is 2. The smallest absolute Gasteiger partial charge is 0.254 e. The molecule has 0 saturated carbocycles. The van der Waals surface area contributed by atoms with Crippen LogP contribution in [0, 0.1) is 11.7 Å². The number of fused-ring (bicyclic) bond motifs is 1. The summed E-state index contributed by atoms with van der Waals surface area (Å²) in [5.74, 6) is 0.366. The SMILES string of the molecule is CC(C)CCN(CC(=O)N1CCc2sccc2[C@H]1COc1ccc(F)cc1)C(=O)c1cccc(Br)c1. The van der Waals surface area contributed by atoms with Crippen molar-refractivity contribution in [3.63, 3.8) is 0 Å². The molecule has 0 N–H and O–H groups in total. The Morgan fingerprint density at radius 2 is 1.97 bits per heavy atom. The maximum Gasteiger partial charge on any atom is 0.254 e. The van der Waals surface area contributed by atoms with Crippen LogP contribution in [0.25, 0.3) is 0 Å².